The number of rotatable bonds is 6. The first-order chi connectivity index (χ1) is 11.2. The third-order valence-corrected chi connectivity index (χ3v) is 4.05. The van der Waals surface area contributed by atoms with Crippen LogP contribution in [0, 0.1) is 0 Å². The van der Waals surface area contributed by atoms with Crippen molar-refractivity contribution >= 4 is 12.0 Å². The lowest BCUT2D eigenvalue weighted by atomic mass is 10.1. The van der Waals surface area contributed by atoms with Crippen LogP contribution in [-0.4, -0.2) is 38.1 Å². The highest BCUT2D eigenvalue weighted by Crippen LogP contribution is 2.27. The number of amides is 1. The lowest BCUT2D eigenvalue weighted by Gasteiger charge is -2.12. The SMILES string of the molecule is CCC(/C=C/C(=O)N1CCCC1)=C\c1ccc(OC)cc1OC. The number of benzene rings is 1. The molecule has 0 N–H and O–H groups in total. The van der Waals surface area contributed by atoms with E-state index in [4.69, 9.17) is 9.47 Å². The van der Waals surface area contributed by atoms with Crippen LogP contribution in [0.5, 0.6) is 11.5 Å². The van der Waals surface area contributed by atoms with E-state index in [0.717, 1.165) is 55.0 Å². The van der Waals surface area contributed by atoms with E-state index in [-0.39, 0.29) is 5.91 Å². The lowest BCUT2D eigenvalue weighted by molar-refractivity contribution is -0.124. The molecule has 4 heteroatoms. The second kappa shape index (κ2) is 8.42. The molecule has 2 rings (SSSR count). The molecule has 0 spiro atoms. The maximum atomic E-state index is 12.1. The monoisotopic (exact) mass is 315 g/mol. The van der Waals surface area contributed by atoms with Gasteiger partial charge in [0, 0.05) is 30.8 Å². The summed E-state index contributed by atoms with van der Waals surface area (Å²) >= 11 is 0. The molecule has 1 aliphatic heterocycles. The van der Waals surface area contributed by atoms with Crippen LogP contribution in [-0.2, 0) is 4.79 Å². The zero-order chi connectivity index (χ0) is 16.7. The first-order valence-corrected chi connectivity index (χ1v) is 8.07. The van der Waals surface area contributed by atoms with Crippen molar-refractivity contribution in [3.8, 4) is 11.5 Å². The molecule has 1 heterocycles. The van der Waals surface area contributed by atoms with Gasteiger partial charge in [-0.15, -0.1) is 0 Å². The highest BCUT2D eigenvalue weighted by atomic mass is 16.5. The number of allylic oxidation sites excluding steroid dienone is 2. The van der Waals surface area contributed by atoms with E-state index in [1.807, 2.05) is 35.3 Å². The Morgan fingerprint density at radius 3 is 2.52 bits per heavy atom. The minimum atomic E-state index is 0.101. The number of hydrogen-bond donors (Lipinski definition) is 0. The molecule has 1 saturated heterocycles. The molecule has 1 aromatic carbocycles. The van der Waals surface area contributed by atoms with Gasteiger partial charge in [-0.3, -0.25) is 4.79 Å². The zero-order valence-corrected chi connectivity index (χ0v) is 14.2. The van der Waals surface area contributed by atoms with Crippen molar-refractivity contribution < 1.29 is 14.3 Å². The van der Waals surface area contributed by atoms with Gasteiger partial charge in [-0.2, -0.15) is 0 Å². The summed E-state index contributed by atoms with van der Waals surface area (Å²) in [5.41, 5.74) is 2.06. The van der Waals surface area contributed by atoms with Crippen LogP contribution in [0.25, 0.3) is 6.08 Å². The summed E-state index contributed by atoms with van der Waals surface area (Å²) < 4.78 is 10.6. The second-order valence-corrected chi connectivity index (χ2v) is 5.55. The molecule has 0 bridgehead atoms. The molecular formula is C19H25NO3. The van der Waals surface area contributed by atoms with E-state index in [1.54, 1.807) is 20.3 Å². The van der Waals surface area contributed by atoms with Crippen molar-refractivity contribution in [1.82, 2.24) is 4.90 Å². The second-order valence-electron chi connectivity index (χ2n) is 5.55. The lowest BCUT2D eigenvalue weighted by Crippen LogP contribution is -2.25. The summed E-state index contributed by atoms with van der Waals surface area (Å²) in [6.07, 6.45) is 8.70. The van der Waals surface area contributed by atoms with E-state index in [2.05, 4.69) is 6.92 Å². The fourth-order valence-electron chi connectivity index (χ4n) is 2.63. The summed E-state index contributed by atoms with van der Waals surface area (Å²) in [6, 6.07) is 5.72. The van der Waals surface area contributed by atoms with E-state index < -0.39 is 0 Å². The number of methoxy groups -OCH3 is 2. The normalized spacial score (nSPS) is 15.3. The molecule has 0 aliphatic carbocycles. The minimum absolute atomic E-state index is 0.101. The van der Waals surface area contributed by atoms with Crippen LogP contribution >= 0.6 is 0 Å². The highest BCUT2D eigenvalue weighted by Gasteiger charge is 2.15. The number of carbonyl (C=O) groups is 1. The van der Waals surface area contributed by atoms with Gasteiger partial charge in [0.15, 0.2) is 0 Å². The topological polar surface area (TPSA) is 38.8 Å². The van der Waals surface area contributed by atoms with Crippen LogP contribution < -0.4 is 9.47 Å². The molecule has 1 amide bonds. The Morgan fingerprint density at radius 1 is 1.17 bits per heavy atom. The van der Waals surface area contributed by atoms with Crippen LogP contribution in [0.15, 0.2) is 35.9 Å². The van der Waals surface area contributed by atoms with Gasteiger partial charge in [0.05, 0.1) is 14.2 Å². The molecule has 0 saturated carbocycles. The van der Waals surface area contributed by atoms with Crippen LogP contribution in [0.4, 0.5) is 0 Å². The number of nitrogens with zero attached hydrogens (tertiary/aromatic N) is 1. The molecule has 0 atom stereocenters. The predicted molar refractivity (Wildman–Crippen MR) is 92.8 cm³/mol. The average Bonchev–Trinajstić information content (AvgIpc) is 3.13. The summed E-state index contributed by atoms with van der Waals surface area (Å²) in [5, 5.41) is 0. The van der Waals surface area contributed by atoms with Crippen molar-refractivity contribution in [3.05, 3.63) is 41.5 Å². The molecule has 0 aromatic heterocycles. The molecule has 0 unspecified atom stereocenters. The molecule has 23 heavy (non-hydrogen) atoms. The van der Waals surface area contributed by atoms with Gasteiger partial charge in [-0.05, 0) is 43.0 Å². The highest BCUT2D eigenvalue weighted by molar-refractivity contribution is 5.88. The number of hydrogen-bond acceptors (Lipinski definition) is 3. The molecule has 124 valence electrons. The maximum Gasteiger partial charge on any atom is 0.246 e. The van der Waals surface area contributed by atoms with Gasteiger partial charge in [-0.1, -0.05) is 13.0 Å². The zero-order valence-electron chi connectivity index (χ0n) is 14.2. The Bertz CT molecular complexity index is 599. The molecular weight excluding hydrogens is 290 g/mol. The first-order valence-electron chi connectivity index (χ1n) is 8.07. The molecule has 0 radical (unpaired) electrons. The van der Waals surface area contributed by atoms with E-state index in [9.17, 15) is 4.79 Å². The van der Waals surface area contributed by atoms with Crippen molar-refractivity contribution in [2.75, 3.05) is 27.3 Å². The minimum Gasteiger partial charge on any atom is -0.497 e. The van der Waals surface area contributed by atoms with Gasteiger partial charge in [0.25, 0.3) is 0 Å². The number of carbonyl (C=O) groups excluding carboxylic acids is 1. The first kappa shape index (κ1) is 17.1. The fourth-order valence-corrected chi connectivity index (χ4v) is 2.63. The Hall–Kier alpha value is -2.23. The van der Waals surface area contributed by atoms with Crippen LogP contribution in [0.2, 0.25) is 0 Å². The summed E-state index contributed by atoms with van der Waals surface area (Å²) in [4.78, 5) is 14.0. The van der Waals surface area contributed by atoms with Gasteiger partial charge < -0.3 is 14.4 Å². The van der Waals surface area contributed by atoms with E-state index >= 15 is 0 Å². The Labute approximate surface area is 138 Å². The van der Waals surface area contributed by atoms with Gasteiger partial charge >= 0.3 is 0 Å². The van der Waals surface area contributed by atoms with E-state index in [1.165, 1.54) is 0 Å². The standard InChI is InChI=1S/C19H25NO3/c1-4-15(7-10-19(21)20-11-5-6-12-20)13-16-8-9-17(22-2)14-18(16)23-3/h7-10,13-14H,4-6,11-12H2,1-3H3/b10-7+,15-13+. The van der Waals surface area contributed by atoms with Crippen molar-refractivity contribution in [3.63, 3.8) is 0 Å². The number of ether oxygens (including phenoxy) is 2. The maximum absolute atomic E-state index is 12.1. The Kier molecular flexibility index (Phi) is 6.27. The molecule has 4 nitrogen and oxygen atoms in total. The fraction of sp³-hybridized carbons (Fsp3) is 0.421. The van der Waals surface area contributed by atoms with Crippen molar-refractivity contribution in [1.29, 1.82) is 0 Å². The van der Waals surface area contributed by atoms with Crippen molar-refractivity contribution in [2.45, 2.75) is 26.2 Å². The quantitative estimate of drug-likeness (QED) is 0.594. The molecule has 1 aliphatic rings. The smallest absolute Gasteiger partial charge is 0.246 e. The number of likely N-dealkylation sites (tertiary alicyclic amines) is 1. The van der Waals surface area contributed by atoms with Crippen molar-refractivity contribution in [2.24, 2.45) is 0 Å². The third kappa shape index (κ3) is 4.62. The summed E-state index contributed by atoms with van der Waals surface area (Å²) in [5.74, 6) is 1.62. The van der Waals surface area contributed by atoms with Crippen LogP contribution in [0.3, 0.4) is 0 Å². The van der Waals surface area contributed by atoms with Crippen LogP contribution in [0.1, 0.15) is 31.7 Å². The Morgan fingerprint density at radius 2 is 1.91 bits per heavy atom. The average molecular weight is 315 g/mol. The van der Waals surface area contributed by atoms with Gasteiger partial charge in [-0.25, -0.2) is 0 Å². The molecule has 1 fully saturated rings. The molecule has 1 aromatic rings. The Balaban J connectivity index is 2.16. The van der Waals surface area contributed by atoms with Gasteiger partial charge in [0.1, 0.15) is 11.5 Å². The van der Waals surface area contributed by atoms with E-state index in [0.29, 0.717) is 0 Å². The summed E-state index contributed by atoms with van der Waals surface area (Å²) in [6.45, 7) is 3.83. The largest absolute Gasteiger partial charge is 0.497 e. The summed E-state index contributed by atoms with van der Waals surface area (Å²) in [7, 11) is 3.28. The predicted octanol–water partition coefficient (Wildman–Crippen LogP) is 3.68. The van der Waals surface area contributed by atoms with Gasteiger partial charge in [0.2, 0.25) is 5.91 Å². The third-order valence-electron chi connectivity index (χ3n) is 4.05.